The first-order chi connectivity index (χ1) is 8.24. The summed E-state index contributed by atoms with van der Waals surface area (Å²) in [5, 5.41) is 9.84. The minimum Gasteiger partial charge on any atom is -0.504 e. The molecule has 0 saturated heterocycles. The summed E-state index contributed by atoms with van der Waals surface area (Å²) in [6.45, 7) is 0. The summed E-state index contributed by atoms with van der Waals surface area (Å²) in [5.41, 5.74) is 0.557. The molecule has 1 aromatic carbocycles. The maximum absolute atomic E-state index is 11.5. The van der Waals surface area contributed by atoms with Crippen molar-refractivity contribution in [1.29, 1.82) is 0 Å². The quantitative estimate of drug-likeness (QED) is 0.853. The largest absolute Gasteiger partial charge is 0.504 e. The molecule has 0 aliphatic carbocycles. The molecule has 1 heterocycles. The number of aromatic hydroxyl groups is 1. The second-order valence-corrected chi connectivity index (χ2v) is 3.41. The van der Waals surface area contributed by atoms with E-state index in [0.29, 0.717) is 17.0 Å². The summed E-state index contributed by atoms with van der Waals surface area (Å²) < 4.78 is 5.10. The topological polar surface area (TPSA) is 59.4 Å². The lowest BCUT2D eigenvalue weighted by Gasteiger charge is -2.06. The molecule has 2 rings (SSSR count). The van der Waals surface area contributed by atoms with Crippen LogP contribution >= 0.6 is 0 Å². The average molecular weight is 229 g/mol. The van der Waals surface area contributed by atoms with Crippen LogP contribution in [0.4, 0.5) is 0 Å². The summed E-state index contributed by atoms with van der Waals surface area (Å²) in [5.74, 6) is 0.0645. The average Bonchev–Trinajstić information content (AvgIpc) is 2.53. The molecule has 86 valence electrons. The van der Waals surface area contributed by atoms with Gasteiger partial charge >= 0.3 is 0 Å². The Morgan fingerprint density at radius 3 is 2.59 bits per heavy atom. The standard InChI is InChI=1S/C13H11NO3/c1-17-13-10(6-4-8-14-13)9-5-2-3-7-11(15)12(9)16/h2-8H,1H3,(H,15,16). The Bertz CT molecular complexity index is 596. The van der Waals surface area contributed by atoms with Crippen LogP contribution in [0.3, 0.4) is 0 Å². The van der Waals surface area contributed by atoms with Gasteiger partial charge in [0.15, 0.2) is 5.75 Å². The minimum absolute atomic E-state index is 0.304. The first-order valence-corrected chi connectivity index (χ1v) is 5.05. The van der Waals surface area contributed by atoms with E-state index in [1.165, 1.54) is 13.2 Å². The summed E-state index contributed by atoms with van der Waals surface area (Å²) in [4.78, 5) is 15.5. The van der Waals surface area contributed by atoms with Gasteiger partial charge in [0.2, 0.25) is 11.3 Å². The minimum atomic E-state index is -0.434. The van der Waals surface area contributed by atoms with Crippen molar-refractivity contribution in [2.45, 2.75) is 0 Å². The summed E-state index contributed by atoms with van der Waals surface area (Å²) in [6.07, 6.45) is 1.58. The molecule has 0 aliphatic rings. The molecule has 0 aliphatic heterocycles. The molecule has 1 N–H and O–H groups in total. The van der Waals surface area contributed by atoms with Gasteiger partial charge in [0, 0.05) is 17.3 Å². The SMILES string of the molecule is COc1ncccc1-c1ccccc(=O)c1O. The monoisotopic (exact) mass is 229 g/mol. The summed E-state index contributed by atoms with van der Waals surface area (Å²) in [6, 6.07) is 9.67. The van der Waals surface area contributed by atoms with E-state index in [-0.39, 0.29) is 5.75 Å². The normalized spacial score (nSPS) is 9.94. The number of rotatable bonds is 2. The van der Waals surface area contributed by atoms with Crippen LogP contribution in [-0.4, -0.2) is 17.2 Å². The third-order valence-corrected chi connectivity index (χ3v) is 2.36. The number of pyridine rings is 1. The maximum Gasteiger partial charge on any atom is 0.221 e. The number of methoxy groups -OCH3 is 1. The highest BCUT2D eigenvalue weighted by atomic mass is 16.5. The molecule has 0 spiro atoms. The second-order valence-electron chi connectivity index (χ2n) is 3.41. The molecule has 2 aromatic rings. The van der Waals surface area contributed by atoms with Crippen molar-refractivity contribution in [3.05, 3.63) is 52.8 Å². The Morgan fingerprint density at radius 1 is 1.12 bits per heavy atom. The Hall–Kier alpha value is -2.36. The first-order valence-electron chi connectivity index (χ1n) is 5.05. The van der Waals surface area contributed by atoms with Crippen LogP contribution in [0, 0.1) is 0 Å². The Balaban J connectivity index is 2.74. The van der Waals surface area contributed by atoms with Crippen LogP contribution in [0.5, 0.6) is 11.6 Å². The van der Waals surface area contributed by atoms with Gasteiger partial charge in [0.25, 0.3) is 0 Å². The lowest BCUT2D eigenvalue weighted by Crippen LogP contribution is -1.96. The smallest absolute Gasteiger partial charge is 0.221 e. The molecule has 4 heteroatoms. The van der Waals surface area contributed by atoms with Gasteiger partial charge in [-0.05, 0) is 18.2 Å². The van der Waals surface area contributed by atoms with Gasteiger partial charge in [-0.15, -0.1) is 0 Å². The van der Waals surface area contributed by atoms with E-state index in [1.807, 2.05) is 0 Å². The van der Waals surface area contributed by atoms with E-state index in [1.54, 1.807) is 36.5 Å². The molecule has 17 heavy (non-hydrogen) atoms. The van der Waals surface area contributed by atoms with Gasteiger partial charge in [-0.1, -0.05) is 18.2 Å². The molecule has 0 bridgehead atoms. The van der Waals surface area contributed by atoms with Crippen molar-refractivity contribution in [3.63, 3.8) is 0 Å². The van der Waals surface area contributed by atoms with Gasteiger partial charge in [0.05, 0.1) is 7.11 Å². The number of aromatic nitrogens is 1. The highest BCUT2D eigenvalue weighted by Crippen LogP contribution is 2.31. The van der Waals surface area contributed by atoms with Gasteiger partial charge < -0.3 is 9.84 Å². The number of nitrogens with zero attached hydrogens (tertiary/aromatic N) is 1. The van der Waals surface area contributed by atoms with E-state index in [2.05, 4.69) is 4.98 Å². The van der Waals surface area contributed by atoms with Crippen LogP contribution in [0.25, 0.3) is 11.1 Å². The Morgan fingerprint density at radius 2 is 1.82 bits per heavy atom. The molecule has 4 nitrogen and oxygen atoms in total. The third kappa shape index (κ3) is 2.10. The van der Waals surface area contributed by atoms with Crippen LogP contribution in [-0.2, 0) is 0 Å². The lowest BCUT2D eigenvalue weighted by molar-refractivity contribution is 0.399. The van der Waals surface area contributed by atoms with Gasteiger partial charge in [0.1, 0.15) is 0 Å². The molecule has 0 fully saturated rings. The van der Waals surface area contributed by atoms with Crippen molar-refractivity contribution in [3.8, 4) is 22.8 Å². The van der Waals surface area contributed by atoms with Crippen LogP contribution in [0.15, 0.2) is 47.4 Å². The first kappa shape index (κ1) is 11.1. The fourth-order valence-corrected chi connectivity index (χ4v) is 1.56. The molecule has 0 saturated carbocycles. The Labute approximate surface area is 98.2 Å². The number of ether oxygens (including phenoxy) is 1. The van der Waals surface area contributed by atoms with Crippen molar-refractivity contribution in [1.82, 2.24) is 4.98 Å². The third-order valence-electron chi connectivity index (χ3n) is 2.36. The van der Waals surface area contributed by atoms with Crippen molar-refractivity contribution in [2.24, 2.45) is 0 Å². The molecular formula is C13H11NO3. The molecule has 0 atom stereocenters. The number of hydrogen-bond acceptors (Lipinski definition) is 4. The van der Waals surface area contributed by atoms with Crippen LogP contribution in [0.2, 0.25) is 0 Å². The molecule has 0 unspecified atom stereocenters. The zero-order valence-electron chi connectivity index (χ0n) is 9.25. The van der Waals surface area contributed by atoms with Crippen LogP contribution < -0.4 is 10.2 Å². The van der Waals surface area contributed by atoms with Crippen molar-refractivity contribution >= 4 is 0 Å². The number of hydrogen-bond donors (Lipinski definition) is 1. The van der Waals surface area contributed by atoms with E-state index in [9.17, 15) is 9.90 Å². The Kier molecular flexibility index (Phi) is 3.05. The van der Waals surface area contributed by atoms with Gasteiger partial charge in [-0.25, -0.2) is 4.98 Å². The molecular weight excluding hydrogens is 218 g/mol. The lowest BCUT2D eigenvalue weighted by atomic mass is 10.1. The zero-order valence-corrected chi connectivity index (χ0v) is 9.25. The molecule has 0 radical (unpaired) electrons. The molecule has 1 aromatic heterocycles. The van der Waals surface area contributed by atoms with E-state index < -0.39 is 5.43 Å². The highest BCUT2D eigenvalue weighted by Gasteiger charge is 2.11. The fraction of sp³-hybridized carbons (Fsp3) is 0.0769. The van der Waals surface area contributed by atoms with E-state index in [4.69, 9.17) is 4.74 Å². The molecule has 0 amide bonds. The summed E-state index contributed by atoms with van der Waals surface area (Å²) >= 11 is 0. The zero-order chi connectivity index (χ0) is 12.3. The highest BCUT2D eigenvalue weighted by molar-refractivity contribution is 5.73. The second kappa shape index (κ2) is 4.65. The fourth-order valence-electron chi connectivity index (χ4n) is 1.56. The van der Waals surface area contributed by atoms with Gasteiger partial charge in [-0.2, -0.15) is 0 Å². The predicted octanol–water partition coefficient (Wildman–Crippen LogP) is 1.82. The predicted molar refractivity (Wildman–Crippen MR) is 64.2 cm³/mol. The van der Waals surface area contributed by atoms with Crippen LogP contribution in [0.1, 0.15) is 0 Å². The summed E-state index contributed by atoms with van der Waals surface area (Å²) in [7, 11) is 1.49. The van der Waals surface area contributed by atoms with E-state index >= 15 is 0 Å². The maximum atomic E-state index is 11.5. The van der Waals surface area contributed by atoms with Gasteiger partial charge in [-0.3, -0.25) is 4.79 Å². The van der Waals surface area contributed by atoms with Crippen molar-refractivity contribution < 1.29 is 9.84 Å². The van der Waals surface area contributed by atoms with Crippen molar-refractivity contribution in [2.75, 3.05) is 7.11 Å². The van der Waals surface area contributed by atoms with E-state index in [0.717, 1.165) is 0 Å².